The van der Waals surface area contributed by atoms with Crippen molar-refractivity contribution in [3.8, 4) is 5.88 Å². The van der Waals surface area contributed by atoms with E-state index in [4.69, 9.17) is 21.1 Å². The summed E-state index contributed by atoms with van der Waals surface area (Å²) < 4.78 is 24.9. The van der Waals surface area contributed by atoms with E-state index in [0.29, 0.717) is 13.0 Å². The van der Waals surface area contributed by atoms with E-state index in [1.165, 1.54) is 17.3 Å². The summed E-state index contributed by atoms with van der Waals surface area (Å²) in [6, 6.07) is 0. The molecule has 0 radical (unpaired) electrons. The number of halogens is 2. The molecule has 0 N–H and O–H groups in total. The average Bonchev–Trinajstić information content (AvgIpc) is 2.39. The second kappa shape index (κ2) is 6.64. The fraction of sp³-hybridized carbons (Fsp3) is 0.643. The summed E-state index contributed by atoms with van der Waals surface area (Å²) in [5.41, 5.74) is -0.605. The zero-order valence-corrected chi connectivity index (χ0v) is 13.5. The van der Waals surface area contributed by atoms with Crippen molar-refractivity contribution in [3.63, 3.8) is 0 Å². The molecule has 2 heterocycles. The smallest absolute Gasteiger partial charge is 0.410 e. The highest BCUT2D eigenvalue weighted by atomic mass is 35.5. The van der Waals surface area contributed by atoms with Crippen molar-refractivity contribution in [2.24, 2.45) is 0 Å². The standard InChI is InChI=1S/C14H19ClFN3O3/c1-14(2,3)22-13(20)19-5-4-10(9(16)8-19)21-12-7-17-6-11(15)18-12/h6-7,9-10H,4-5,8H2,1-3H3/t9-,10+/m0/s1. The van der Waals surface area contributed by atoms with Gasteiger partial charge in [0.25, 0.3) is 0 Å². The summed E-state index contributed by atoms with van der Waals surface area (Å²) in [7, 11) is 0. The summed E-state index contributed by atoms with van der Waals surface area (Å²) in [6.45, 7) is 5.59. The third kappa shape index (κ3) is 4.69. The van der Waals surface area contributed by atoms with Crippen LogP contribution < -0.4 is 4.74 Å². The monoisotopic (exact) mass is 331 g/mol. The van der Waals surface area contributed by atoms with E-state index in [0.717, 1.165) is 0 Å². The number of alkyl halides is 1. The lowest BCUT2D eigenvalue weighted by Crippen LogP contribution is -2.50. The molecule has 1 fully saturated rings. The third-order valence-electron chi connectivity index (χ3n) is 2.99. The van der Waals surface area contributed by atoms with Gasteiger partial charge in [0.1, 0.15) is 11.7 Å². The summed E-state index contributed by atoms with van der Waals surface area (Å²) in [5.74, 6) is 0.172. The van der Waals surface area contributed by atoms with Crippen LogP contribution in [-0.2, 0) is 4.74 Å². The molecular formula is C14H19ClFN3O3. The number of piperidine rings is 1. The van der Waals surface area contributed by atoms with E-state index in [2.05, 4.69) is 9.97 Å². The van der Waals surface area contributed by atoms with Gasteiger partial charge in [-0.15, -0.1) is 0 Å². The Morgan fingerprint density at radius 2 is 2.18 bits per heavy atom. The number of carbonyl (C=O) groups is 1. The molecule has 0 saturated carbocycles. The van der Waals surface area contributed by atoms with Gasteiger partial charge < -0.3 is 14.4 Å². The van der Waals surface area contributed by atoms with Crippen LogP contribution in [0, 0.1) is 0 Å². The minimum atomic E-state index is -1.33. The molecule has 0 spiro atoms. The minimum absolute atomic E-state index is 0.0758. The molecule has 1 aromatic rings. The zero-order chi connectivity index (χ0) is 16.3. The molecule has 122 valence electrons. The highest BCUT2D eigenvalue weighted by Gasteiger charge is 2.35. The molecule has 1 saturated heterocycles. The first-order valence-corrected chi connectivity index (χ1v) is 7.38. The summed E-state index contributed by atoms with van der Waals surface area (Å²) in [6.07, 6.45) is 0.546. The van der Waals surface area contributed by atoms with Gasteiger partial charge in [-0.3, -0.25) is 4.98 Å². The second-order valence-electron chi connectivity index (χ2n) is 6.07. The third-order valence-corrected chi connectivity index (χ3v) is 3.17. The number of carbonyl (C=O) groups excluding carboxylic acids is 1. The molecule has 0 aliphatic carbocycles. The van der Waals surface area contributed by atoms with Gasteiger partial charge in [-0.1, -0.05) is 11.6 Å². The number of aromatic nitrogens is 2. The van der Waals surface area contributed by atoms with Crippen molar-refractivity contribution in [1.29, 1.82) is 0 Å². The van der Waals surface area contributed by atoms with Crippen LogP contribution in [0.1, 0.15) is 27.2 Å². The molecule has 0 bridgehead atoms. The maximum absolute atomic E-state index is 14.2. The molecule has 0 unspecified atom stereocenters. The summed E-state index contributed by atoms with van der Waals surface area (Å²) >= 11 is 5.71. The van der Waals surface area contributed by atoms with Crippen molar-refractivity contribution in [1.82, 2.24) is 14.9 Å². The van der Waals surface area contributed by atoms with Gasteiger partial charge in [-0.2, -0.15) is 4.98 Å². The lowest BCUT2D eigenvalue weighted by molar-refractivity contribution is -0.0115. The Balaban J connectivity index is 1.91. The highest BCUT2D eigenvalue weighted by molar-refractivity contribution is 6.29. The van der Waals surface area contributed by atoms with Crippen molar-refractivity contribution in [2.45, 2.75) is 45.1 Å². The summed E-state index contributed by atoms with van der Waals surface area (Å²) in [5, 5.41) is 0.180. The number of rotatable bonds is 2. The number of nitrogens with zero attached hydrogens (tertiary/aromatic N) is 3. The van der Waals surface area contributed by atoms with Crippen LogP contribution in [0.25, 0.3) is 0 Å². The largest absolute Gasteiger partial charge is 0.470 e. The van der Waals surface area contributed by atoms with Crippen molar-refractivity contribution < 1.29 is 18.7 Å². The fourth-order valence-corrected chi connectivity index (χ4v) is 2.19. The van der Waals surface area contributed by atoms with E-state index < -0.39 is 24.0 Å². The number of hydrogen-bond donors (Lipinski definition) is 0. The minimum Gasteiger partial charge on any atom is -0.470 e. The fourth-order valence-electron chi connectivity index (χ4n) is 2.05. The van der Waals surface area contributed by atoms with Gasteiger partial charge in [0.2, 0.25) is 5.88 Å². The highest BCUT2D eigenvalue weighted by Crippen LogP contribution is 2.22. The first kappa shape index (κ1) is 16.7. The molecular weight excluding hydrogens is 313 g/mol. The molecule has 6 nitrogen and oxygen atoms in total. The molecule has 2 atom stereocenters. The number of amides is 1. The van der Waals surface area contributed by atoms with E-state index in [-0.39, 0.29) is 17.6 Å². The van der Waals surface area contributed by atoms with Crippen molar-refractivity contribution in [2.75, 3.05) is 13.1 Å². The molecule has 1 aliphatic rings. The normalized spacial score (nSPS) is 22.3. The Morgan fingerprint density at radius 1 is 1.45 bits per heavy atom. The predicted molar refractivity (Wildman–Crippen MR) is 78.8 cm³/mol. The maximum atomic E-state index is 14.2. The Kier molecular flexibility index (Phi) is 5.05. The average molecular weight is 332 g/mol. The van der Waals surface area contributed by atoms with Crippen LogP contribution in [0.2, 0.25) is 5.15 Å². The van der Waals surface area contributed by atoms with E-state index >= 15 is 0 Å². The Bertz CT molecular complexity index is 538. The van der Waals surface area contributed by atoms with Crippen LogP contribution in [0.5, 0.6) is 5.88 Å². The Morgan fingerprint density at radius 3 is 2.77 bits per heavy atom. The second-order valence-corrected chi connectivity index (χ2v) is 6.45. The van der Waals surface area contributed by atoms with Gasteiger partial charge in [0.05, 0.1) is 18.9 Å². The van der Waals surface area contributed by atoms with Gasteiger partial charge >= 0.3 is 6.09 Å². The predicted octanol–water partition coefficient (Wildman–Crippen LogP) is 2.86. The molecule has 1 aliphatic heterocycles. The number of likely N-dealkylation sites (tertiary alicyclic amines) is 1. The maximum Gasteiger partial charge on any atom is 0.410 e. The zero-order valence-electron chi connectivity index (χ0n) is 12.8. The molecule has 8 heteroatoms. The Labute approximate surface area is 133 Å². The van der Waals surface area contributed by atoms with Crippen LogP contribution in [0.3, 0.4) is 0 Å². The van der Waals surface area contributed by atoms with Gasteiger partial charge in [0, 0.05) is 13.0 Å². The lowest BCUT2D eigenvalue weighted by atomic mass is 10.1. The first-order chi connectivity index (χ1) is 10.2. The van der Waals surface area contributed by atoms with Gasteiger partial charge in [0.15, 0.2) is 11.3 Å². The molecule has 1 amide bonds. The van der Waals surface area contributed by atoms with Crippen molar-refractivity contribution in [3.05, 3.63) is 17.5 Å². The quantitative estimate of drug-likeness (QED) is 0.833. The molecule has 22 heavy (non-hydrogen) atoms. The van der Waals surface area contributed by atoms with Crippen LogP contribution in [0.15, 0.2) is 12.4 Å². The topological polar surface area (TPSA) is 64.5 Å². The Hall–Kier alpha value is -1.63. The lowest BCUT2D eigenvalue weighted by Gasteiger charge is -2.35. The molecule has 1 aromatic heterocycles. The van der Waals surface area contributed by atoms with E-state index in [1.54, 1.807) is 20.8 Å². The molecule has 2 rings (SSSR count). The van der Waals surface area contributed by atoms with Gasteiger partial charge in [-0.05, 0) is 20.8 Å². The van der Waals surface area contributed by atoms with Crippen molar-refractivity contribution >= 4 is 17.7 Å². The molecule has 0 aromatic carbocycles. The van der Waals surface area contributed by atoms with Crippen LogP contribution >= 0.6 is 11.6 Å². The van der Waals surface area contributed by atoms with Gasteiger partial charge in [-0.25, -0.2) is 9.18 Å². The van der Waals surface area contributed by atoms with Crippen LogP contribution in [-0.4, -0.2) is 51.9 Å². The first-order valence-electron chi connectivity index (χ1n) is 7.01. The van der Waals surface area contributed by atoms with E-state index in [1.807, 2.05) is 0 Å². The van der Waals surface area contributed by atoms with Crippen LogP contribution in [0.4, 0.5) is 9.18 Å². The SMILES string of the molecule is CC(C)(C)OC(=O)N1CC[C@@H](Oc2cncc(Cl)n2)[C@@H](F)C1. The number of hydrogen-bond acceptors (Lipinski definition) is 5. The number of ether oxygens (including phenoxy) is 2. The van der Waals surface area contributed by atoms with E-state index in [9.17, 15) is 9.18 Å². The summed E-state index contributed by atoms with van der Waals surface area (Å²) in [4.78, 5) is 21.0.